The molecule has 0 radical (unpaired) electrons. The van der Waals surface area contributed by atoms with Gasteiger partial charge in [-0.15, -0.1) is 0 Å². The second kappa shape index (κ2) is 4.54. The van der Waals surface area contributed by atoms with E-state index in [4.69, 9.17) is 0 Å². The average Bonchev–Trinajstić information content (AvgIpc) is 2.87. The molecule has 4 heteroatoms. The van der Waals surface area contributed by atoms with E-state index in [0.717, 1.165) is 30.4 Å². The lowest BCUT2D eigenvalue weighted by Crippen LogP contribution is -2.43. The zero-order valence-corrected chi connectivity index (χ0v) is 11.3. The van der Waals surface area contributed by atoms with E-state index in [-0.39, 0.29) is 25.7 Å². The van der Waals surface area contributed by atoms with Crippen LogP contribution in [0.3, 0.4) is 0 Å². The maximum Gasteiger partial charge on any atom is 0.314 e. The highest BCUT2D eigenvalue weighted by Gasteiger charge is 2.50. The van der Waals surface area contributed by atoms with Crippen molar-refractivity contribution in [2.45, 2.75) is 56.3 Å². The minimum absolute atomic E-state index is 0.0335. The van der Waals surface area contributed by atoms with Gasteiger partial charge in [0.05, 0.1) is 5.41 Å². The molecule has 1 aromatic carbocycles. The van der Waals surface area contributed by atoms with Gasteiger partial charge in [-0.25, -0.2) is 8.78 Å². The molecule has 1 N–H and O–H groups in total. The molecule has 2 aliphatic rings. The first kappa shape index (κ1) is 13.5. The number of hydrogen-bond donors (Lipinski definition) is 1. The van der Waals surface area contributed by atoms with E-state index in [9.17, 15) is 18.7 Å². The summed E-state index contributed by atoms with van der Waals surface area (Å²) in [6, 6.07) is 5.73. The summed E-state index contributed by atoms with van der Waals surface area (Å²) in [6.07, 6.45) is 2.27. The second-order valence-electron chi connectivity index (χ2n) is 6.04. The number of carboxylic acids is 1. The van der Waals surface area contributed by atoms with E-state index < -0.39 is 17.3 Å². The van der Waals surface area contributed by atoms with Gasteiger partial charge in [0.25, 0.3) is 0 Å². The third-order valence-corrected chi connectivity index (χ3v) is 4.91. The molecule has 0 unspecified atom stereocenters. The molecule has 0 atom stereocenters. The van der Waals surface area contributed by atoms with Crippen LogP contribution in [-0.4, -0.2) is 17.0 Å². The molecule has 0 spiro atoms. The van der Waals surface area contributed by atoms with E-state index in [2.05, 4.69) is 0 Å². The fourth-order valence-corrected chi connectivity index (χ4v) is 3.71. The van der Waals surface area contributed by atoms with Crippen LogP contribution in [0.15, 0.2) is 18.2 Å². The Morgan fingerprint density at radius 1 is 1.10 bits per heavy atom. The molecule has 1 aromatic rings. The van der Waals surface area contributed by atoms with Crippen LogP contribution in [0.5, 0.6) is 0 Å². The number of halogens is 2. The van der Waals surface area contributed by atoms with E-state index in [1.165, 1.54) is 5.56 Å². The van der Waals surface area contributed by atoms with Crippen molar-refractivity contribution in [2.24, 2.45) is 0 Å². The normalized spacial score (nSPS) is 23.3. The third kappa shape index (κ3) is 2.02. The Morgan fingerprint density at radius 3 is 2.45 bits per heavy atom. The fraction of sp³-hybridized carbons (Fsp3) is 0.562. The highest BCUT2D eigenvalue weighted by molar-refractivity contribution is 5.82. The summed E-state index contributed by atoms with van der Waals surface area (Å²) in [4.78, 5) is 11.8. The SMILES string of the molecule is O=C(O)C1(c2cccc3c2CCC3)CCC(F)(F)CC1. The van der Waals surface area contributed by atoms with Crippen LogP contribution in [0.1, 0.15) is 48.8 Å². The van der Waals surface area contributed by atoms with Gasteiger partial charge in [0, 0.05) is 12.8 Å². The van der Waals surface area contributed by atoms with Crippen molar-refractivity contribution >= 4 is 5.97 Å². The van der Waals surface area contributed by atoms with Gasteiger partial charge < -0.3 is 5.11 Å². The summed E-state index contributed by atoms with van der Waals surface area (Å²) in [5, 5.41) is 9.70. The molecule has 1 saturated carbocycles. The third-order valence-electron chi connectivity index (χ3n) is 4.91. The number of carbonyl (C=O) groups is 1. The molecular weight excluding hydrogens is 262 g/mol. The van der Waals surface area contributed by atoms with E-state index in [1.807, 2.05) is 18.2 Å². The number of aryl methyl sites for hydroxylation is 1. The quantitative estimate of drug-likeness (QED) is 0.896. The monoisotopic (exact) mass is 280 g/mol. The summed E-state index contributed by atoms with van der Waals surface area (Å²) in [5.41, 5.74) is 1.97. The smallest absolute Gasteiger partial charge is 0.314 e. The summed E-state index contributed by atoms with van der Waals surface area (Å²) >= 11 is 0. The maximum atomic E-state index is 13.4. The van der Waals surface area contributed by atoms with Crippen molar-refractivity contribution in [3.8, 4) is 0 Å². The van der Waals surface area contributed by atoms with Gasteiger partial charge in [0.1, 0.15) is 0 Å². The van der Waals surface area contributed by atoms with E-state index in [1.54, 1.807) is 0 Å². The Morgan fingerprint density at radius 2 is 1.80 bits per heavy atom. The number of benzene rings is 1. The summed E-state index contributed by atoms with van der Waals surface area (Å²) < 4.78 is 26.8. The highest BCUT2D eigenvalue weighted by atomic mass is 19.3. The molecule has 0 aromatic heterocycles. The number of carboxylic acid groups (broad SMARTS) is 1. The van der Waals surface area contributed by atoms with E-state index >= 15 is 0 Å². The van der Waals surface area contributed by atoms with Gasteiger partial charge >= 0.3 is 5.97 Å². The number of aliphatic carboxylic acids is 1. The van der Waals surface area contributed by atoms with Crippen molar-refractivity contribution in [1.29, 1.82) is 0 Å². The molecule has 108 valence electrons. The Labute approximate surface area is 116 Å². The van der Waals surface area contributed by atoms with Gasteiger partial charge in [0.15, 0.2) is 0 Å². The minimum Gasteiger partial charge on any atom is -0.481 e. The highest BCUT2D eigenvalue weighted by Crippen LogP contribution is 2.47. The first-order valence-electron chi connectivity index (χ1n) is 7.17. The van der Waals surface area contributed by atoms with Crippen LogP contribution >= 0.6 is 0 Å². The van der Waals surface area contributed by atoms with Gasteiger partial charge in [-0.05, 0) is 48.8 Å². The molecular formula is C16H18F2O2. The largest absolute Gasteiger partial charge is 0.481 e. The topological polar surface area (TPSA) is 37.3 Å². The van der Waals surface area contributed by atoms with Crippen molar-refractivity contribution in [3.05, 3.63) is 34.9 Å². The van der Waals surface area contributed by atoms with Crippen LogP contribution in [-0.2, 0) is 23.1 Å². The number of alkyl halides is 2. The zero-order valence-electron chi connectivity index (χ0n) is 11.3. The molecule has 2 aliphatic carbocycles. The van der Waals surface area contributed by atoms with Crippen molar-refractivity contribution in [1.82, 2.24) is 0 Å². The first-order chi connectivity index (χ1) is 9.45. The molecule has 0 amide bonds. The summed E-state index contributed by atoms with van der Waals surface area (Å²) in [7, 11) is 0. The molecule has 0 bridgehead atoms. The Bertz CT molecular complexity index is 541. The minimum atomic E-state index is -2.71. The summed E-state index contributed by atoms with van der Waals surface area (Å²) in [5.74, 6) is -3.66. The van der Waals surface area contributed by atoms with Gasteiger partial charge in [-0.1, -0.05) is 18.2 Å². The van der Waals surface area contributed by atoms with Crippen LogP contribution in [0, 0.1) is 0 Å². The standard InChI is InChI=1S/C16H18F2O2/c17-16(18)9-7-15(8-10-16,14(19)20)13-6-2-4-11-3-1-5-12(11)13/h2,4,6H,1,3,5,7-10H2,(H,19,20). The Balaban J connectivity index is 2.05. The van der Waals surface area contributed by atoms with Crippen LogP contribution in [0.2, 0.25) is 0 Å². The molecule has 2 nitrogen and oxygen atoms in total. The predicted octanol–water partition coefficient (Wildman–Crippen LogP) is 3.71. The number of fused-ring (bicyclic) bond motifs is 1. The van der Waals surface area contributed by atoms with Crippen molar-refractivity contribution in [2.75, 3.05) is 0 Å². The molecule has 20 heavy (non-hydrogen) atoms. The molecule has 3 rings (SSSR count). The van der Waals surface area contributed by atoms with Gasteiger partial charge in [-0.3, -0.25) is 4.79 Å². The molecule has 1 fully saturated rings. The van der Waals surface area contributed by atoms with Gasteiger partial charge in [0.2, 0.25) is 5.92 Å². The molecule has 0 saturated heterocycles. The van der Waals surface area contributed by atoms with Crippen LogP contribution in [0.25, 0.3) is 0 Å². The lowest BCUT2D eigenvalue weighted by atomic mass is 9.67. The van der Waals surface area contributed by atoms with Crippen molar-refractivity contribution < 1.29 is 18.7 Å². The zero-order chi connectivity index (χ0) is 14.4. The lowest BCUT2D eigenvalue weighted by Gasteiger charge is -2.38. The fourth-order valence-electron chi connectivity index (χ4n) is 3.71. The molecule has 0 aliphatic heterocycles. The predicted molar refractivity (Wildman–Crippen MR) is 71.2 cm³/mol. The number of hydrogen-bond acceptors (Lipinski definition) is 1. The summed E-state index contributed by atoms with van der Waals surface area (Å²) in [6.45, 7) is 0. The molecule has 0 heterocycles. The lowest BCUT2D eigenvalue weighted by molar-refractivity contribution is -0.149. The Kier molecular flexibility index (Phi) is 3.07. The van der Waals surface area contributed by atoms with Crippen LogP contribution < -0.4 is 0 Å². The van der Waals surface area contributed by atoms with Gasteiger partial charge in [-0.2, -0.15) is 0 Å². The Hall–Kier alpha value is -1.45. The van der Waals surface area contributed by atoms with Crippen LogP contribution in [0.4, 0.5) is 8.78 Å². The maximum absolute atomic E-state index is 13.4. The first-order valence-corrected chi connectivity index (χ1v) is 7.17. The second-order valence-corrected chi connectivity index (χ2v) is 6.04. The average molecular weight is 280 g/mol. The number of rotatable bonds is 2. The van der Waals surface area contributed by atoms with E-state index in [0.29, 0.717) is 0 Å². The van der Waals surface area contributed by atoms with Crippen molar-refractivity contribution in [3.63, 3.8) is 0 Å².